The van der Waals surface area contributed by atoms with Crippen molar-refractivity contribution in [2.75, 3.05) is 0 Å². The fourth-order valence-electron chi connectivity index (χ4n) is 2.94. The van der Waals surface area contributed by atoms with Crippen LogP contribution in [0.2, 0.25) is 0 Å². The number of benzene rings is 1. The zero-order chi connectivity index (χ0) is 12.8. The van der Waals surface area contributed by atoms with Crippen LogP contribution in [0.4, 0.5) is 0 Å². The number of nitrogens with zero attached hydrogens (tertiary/aromatic N) is 1. The van der Waals surface area contributed by atoms with Gasteiger partial charge in [0, 0.05) is 35.3 Å². The molecule has 4 heteroatoms. The minimum absolute atomic E-state index is 0.147. The highest BCUT2D eigenvalue weighted by Crippen LogP contribution is 2.54. The molecule has 3 rings (SSSR count). The molecule has 2 aliphatic carbocycles. The molecule has 0 radical (unpaired) electrons. The zero-order valence-electron chi connectivity index (χ0n) is 9.83. The predicted molar refractivity (Wildman–Crippen MR) is 66.5 cm³/mol. The third-order valence-electron chi connectivity index (χ3n) is 3.97. The molecule has 0 heterocycles. The maximum atomic E-state index is 11.4. The summed E-state index contributed by atoms with van der Waals surface area (Å²) in [6, 6.07) is 9.40. The average Bonchev–Trinajstić information content (AvgIpc) is 3.00. The Kier molecular flexibility index (Phi) is 2.33. The Hall–Kier alpha value is -1.97. The molecule has 0 N–H and O–H groups in total. The number of Topliss-reactive ketones (excluding diaryl/α,β-unsaturated/α-hetero) is 1. The Morgan fingerprint density at radius 2 is 2.00 bits per heavy atom. The second-order valence-electron chi connectivity index (χ2n) is 4.98. The first-order valence-electron chi connectivity index (χ1n) is 6.09. The summed E-state index contributed by atoms with van der Waals surface area (Å²) in [5.74, 6) is -0.0101. The van der Waals surface area contributed by atoms with Crippen LogP contribution in [-0.2, 0) is 4.79 Å². The van der Waals surface area contributed by atoms with E-state index in [0.29, 0.717) is 19.3 Å². The molecular formula is C14H13NO3. The molecule has 0 spiro atoms. The molecule has 0 bridgehead atoms. The van der Waals surface area contributed by atoms with Gasteiger partial charge in [-0.3, -0.25) is 14.9 Å². The van der Waals surface area contributed by atoms with E-state index in [1.165, 1.54) is 0 Å². The summed E-state index contributed by atoms with van der Waals surface area (Å²) in [5.41, 5.74) is 0.592. The molecule has 1 saturated carbocycles. The molecule has 0 aromatic heterocycles. The van der Waals surface area contributed by atoms with Crippen LogP contribution in [0.15, 0.2) is 36.4 Å². The van der Waals surface area contributed by atoms with Gasteiger partial charge in [-0.1, -0.05) is 30.3 Å². The molecular weight excluding hydrogens is 230 g/mol. The van der Waals surface area contributed by atoms with Gasteiger partial charge in [0.25, 0.3) is 5.54 Å². The first-order valence-corrected chi connectivity index (χ1v) is 6.09. The smallest absolute Gasteiger partial charge is 0.269 e. The van der Waals surface area contributed by atoms with Crippen molar-refractivity contribution in [1.29, 1.82) is 0 Å². The predicted octanol–water partition coefficient (Wildman–Crippen LogP) is 2.47. The number of hydrogen-bond acceptors (Lipinski definition) is 3. The highest BCUT2D eigenvalue weighted by Gasteiger charge is 2.63. The number of hydrogen-bond donors (Lipinski definition) is 0. The summed E-state index contributed by atoms with van der Waals surface area (Å²) >= 11 is 0. The largest absolute Gasteiger partial charge is 0.300 e. The molecule has 0 aliphatic heterocycles. The van der Waals surface area contributed by atoms with Gasteiger partial charge >= 0.3 is 0 Å². The van der Waals surface area contributed by atoms with E-state index < -0.39 is 5.54 Å². The van der Waals surface area contributed by atoms with Gasteiger partial charge in [0.15, 0.2) is 0 Å². The fraction of sp³-hybridized carbons (Fsp3) is 0.357. The molecule has 0 saturated heterocycles. The van der Waals surface area contributed by atoms with Crippen LogP contribution >= 0.6 is 0 Å². The summed E-state index contributed by atoms with van der Waals surface area (Å²) in [7, 11) is 0. The third kappa shape index (κ3) is 1.49. The Labute approximate surface area is 104 Å². The minimum atomic E-state index is -1.08. The van der Waals surface area contributed by atoms with Gasteiger partial charge in [-0.2, -0.15) is 0 Å². The van der Waals surface area contributed by atoms with Gasteiger partial charge in [0.05, 0.1) is 0 Å². The van der Waals surface area contributed by atoms with Crippen LogP contribution in [0.5, 0.6) is 0 Å². The average molecular weight is 243 g/mol. The van der Waals surface area contributed by atoms with E-state index >= 15 is 0 Å². The van der Waals surface area contributed by atoms with Crippen molar-refractivity contribution < 1.29 is 9.72 Å². The molecule has 92 valence electrons. The third-order valence-corrected chi connectivity index (χ3v) is 3.97. The summed E-state index contributed by atoms with van der Waals surface area (Å²) in [5, 5.41) is 11.4. The van der Waals surface area contributed by atoms with Gasteiger partial charge < -0.3 is 0 Å². The van der Waals surface area contributed by atoms with E-state index in [0.717, 1.165) is 11.1 Å². The van der Waals surface area contributed by atoms with Gasteiger partial charge in [0.2, 0.25) is 0 Å². The Bertz CT molecular complexity index is 549. The first kappa shape index (κ1) is 11.1. The van der Waals surface area contributed by atoms with Crippen LogP contribution in [0.1, 0.15) is 24.8 Å². The topological polar surface area (TPSA) is 60.2 Å². The Morgan fingerprint density at radius 3 is 2.56 bits per heavy atom. The zero-order valence-corrected chi connectivity index (χ0v) is 9.83. The summed E-state index contributed by atoms with van der Waals surface area (Å²) in [6.45, 7) is 0. The maximum absolute atomic E-state index is 11.4. The minimum Gasteiger partial charge on any atom is -0.300 e. The van der Waals surface area contributed by atoms with E-state index in [9.17, 15) is 14.9 Å². The molecule has 4 nitrogen and oxygen atoms in total. The summed E-state index contributed by atoms with van der Waals surface area (Å²) < 4.78 is 0. The number of carbonyl (C=O) groups excluding carboxylic acids is 1. The van der Waals surface area contributed by atoms with E-state index in [1.807, 2.05) is 30.3 Å². The van der Waals surface area contributed by atoms with Crippen LogP contribution in [0, 0.1) is 16.0 Å². The normalized spacial score (nSPS) is 30.1. The van der Waals surface area contributed by atoms with Crippen molar-refractivity contribution in [3.8, 4) is 0 Å². The number of rotatable bonds is 3. The van der Waals surface area contributed by atoms with Crippen molar-refractivity contribution in [1.82, 2.24) is 0 Å². The molecule has 0 unspecified atom stereocenters. The van der Waals surface area contributed by atoms with Gasteiger partial charge in [-0.05, 0) is 12.0 Å². The number of ketones is 1. The highest BCUT2D eigenvalue weighted by atomic mass is 16.6. The lowest BCUT2D eigenvalue weighted by molar-refractivity contribution is -0.536. The number of nitro groups is 1. The van der Waals surface area contributed by atoms with Crippen LogP contribution in [0.3, 0.4) is 0 Å². The molecule has 0 amide bonds. The fourth-order valence-corrected chi connectivity index (χ4v) is 2.94. The van der Waals surface area contributed by atoms with Gasteiger partial charge in [0.1, 0.15) is 5.78 Å². The van der Waals surface area contributed by atoms with Crippen molar-refractivity contribution in [3.05, 3.63) is 52.1 Å². The van der Waals surface area contributed by atoms with Crippen LogP contribution < -0.4 is 0 Å². The highest BCUT2D eigenvalue weighted by molar-refractivity contribution is 5.90. The van der Waals surface area contributed by atoms with Crippen LogP contribution in [-0.4, -0.2) is 16.2 Å². The lowest BCUT2D eigenvalue weighted by atomic mass is 9.89. The van der Waals surface area contributed by atoms with Crippen molar-refractivity contribution >= 4 is 11.4 Å². The molecule has 1 aromatic carbocycles. The lowest BCUT2D eigenvalue weighted by Gasteiger charge is -2.16. The monoisotopic (exact) mass is 243 g/mol. The summed E-state index contributed by atoms with van der Waals surface area (Å²) in [4.78, 5) is 22.5. The Morgan fingerprint density at radius 1 is 1.28 bits per heavy atom. The SMILES string of the molecule is O=C1CC[C@H]([C@@]2([N+](=O)[O-])C=C2c2ccccc2)C1. The lowest BCUT2D eigenvalue weighted by Crippen LogP contribution is -2.33. The second kappa shape index (κ2) is 3.77. The molecule has 2 atom stereocenters. The van der Waals surface area contributed by atoms with E-state index in [2.05, 4.69) is 0 Å². The molecule has 18 heavy (non-hydrogen) atoms. The second-order valence-corrected chi connectivity index (χ2v) is 4.98. The molecule has 1 fully saturated rings. The molecule has 2 aliphatic rings. The first-order chi connectivity index (χ1) is 8.64. The summed E-state index contributed by atoms with van der Waals surface area (Å²) in [6.07, 6.45) is 3.17. The quantitative estimate of drug-likeness (QED) is 0.605. The van der Waals surface area contributed by atoms with E-state index in [4.69, 9.17) is 0 Å². The van der Waals surface area contributed by atoms with E-state index in [-0.39, 0.29) is 16.6 Å². The maximum Gasteiger partial charge on any atom is 0.269 e. The van der Waals surface area contributed by atoms with Gasteiger partial charge in [-0.15, -0.1) is 0 Å². The van der Waals surface area contributed by atoms with Crippen molar-refractivity contribution in [3.63, 3.8) is 0 Å². The number of carbonyl (C=O) groups is 1. The van der Waals surface area contributed by atoms with Crippen molar-refractivity contribution in [2.45, 2.75) is 24.8 Å². The van der Waals surface area contributed by atoms with Crippen molar-refractivity contribution in [2.24, 2.45) is 5.92 Å². The standard InChI is InChI=1S/C14H13NO3/c16-12-7-6-11(8-12)14(15(17)18)9-13(14)10-4-2-1-3-5-10/h1-5,9,11H,6-8H2/t11-,14-/m0/s1. The van der Waals surface area contributed by atoms with Crippen LogP contribution in [0.25, 0.3) is 5.57 Å². The Balaban J connectivity index is 1.90. The molecule has 1 aromatic rings. The van der Waals surface area contributed by atoms with E-state index in [1.54, 1.807) is 6.08 Å². The van der Waals surface area contributed by atoms with Gasteiger partial charge in [-0.25, -0.2) is 0 Å².